The molecule has 0 aliphatic rings. The number of rotatable bonds is 4. The van der Waals surface area contributed by atoms with Crippen LogP contribution in [0.4, 0.5) is 0 Å². The van der Waals surface area contributed by atoms with E-state index in [0.717, 1.165) is 0 Å². The molecule has 0 spiro atoms. The molecule has 17 heavy (non-hydrogen) atoms. The van der Waals surface area contributed by atoms with Gasteiger partial charge in [0.25, 0.3) is 5.56 Å². The number of H-pyrrole nitrogens is 1. The summed E-state index contributed by atoms with van der Waals surface area (Å²) in [5.74, 6) is -1.05. The van der Waals surface area contributed by atoms with Crippen LogP contribution in [0.5, 0.6) is 5.88 Å². The van der Waals surface area contributed by atoms with Crippen LogP contribution in [-0.4, -0.2) is 27.7 Å². The van der Waals surface area contributed by atoms with Crippen LogP contribution < -0.4 is 5.56 Å². The molecule has 6 nitrogen and oxygen atoms in total. The molecule has 0 aliphatic heterocycles. The molecule has 0 fully saturated rings. The number of nitrogens with one attached hydrogen (secondary N) is 1. The zero-order valence-electron chi connectivity index (χ0n) is 10.1. The number of esters is 1. The summed E-state index contributed by atoms with van der Waals surface area (Å²) in [5, 5.41) is 9.54. The van der Waals surface area contributed by atoms with Crippen LogP contribution in [0.2, 0.25) is 0 Å². The number of carbonyl (C=O) groups is 1. The van der Waals surface area contributed by atoms with E-state index in [1.807, 2.05) is 13.8 Å². The maximum absolute atomic E-state index is 11.6. The second-order valence-electron chi connectivity index (χ2n) is 4.03. The number of hydrogen-bond donors (Lipinski definition) is 2. The van der Waals surface area contributed by atoms with Gasteiger partial charge in [-0.1, -0.05) is 13.8 Å². The number of carbonyl (C=O) groups excluding carboxylic acids is 1. The quantitative estimate of drug-likeness (QED) is 0.761. The summed E-state index contributed by atoms with van der Waals surface area (Å²) in [6, 6.07) is 0. The third-order valence-corrected chi connectivity index (χ3v) is 2.05. The zero-order valence-corrected chi connectivity index (χ0v) is 10.1. The topological polar surface area (TPSA) is 92.3 Å². The van der Waals surface area contributed by atoms with Crippen LogP contribution in [0.1, 0.15) is 37.0 Å². The van der Waals surface area contributed by atoms with Gasteiger partial charge in [0.05, 0.1) is 6.61 Å². The van der Waals surface area contributed by atoms with Gasteiger partial charge in [0.1, 0.15) is 5.69 Å². The van der Waals surface area contributed by atoms with E-state index >= 15 is 0 Å². The van der Waals surface area contributed by atoms with Crippen molar-refractivity contribution in [3.05, 3.63) is 21.7 Å². The lowest BCUT2D eigenvalue weighted by atomic mass is 10.1. The highest BCUT2D eigenvalue weighted by molar-refractivity contribution is 5.89. The molecular weight excluding hydrogens is 224 g/mol. The van der Waals surface area contributed by atoms with E-state index in [1.165, 1.54) is 0 Å². The summed E-state index contributed by atoms with van der Waals surface area (Å²) in [6.07, 6.45) is 0.437. The summed E-state index contributed by atoms with van der Waals surface area (Å²) < 4.78 is 4.68. The summed E-state index contributed by atoms with van der Waals surface area (Å²) in [6.45, 7) is 5.65. The van der Waals surface area contributed by atoms with Crippen molar-refractivity contribution < 1.29 is 14.6 Å². The molecule has 0 unspecified atom stereocenters. The normalized spacial score (nSPS) is 10.6. The van der Waals surface area contributed by atoms with E-state index in [2.05, 4.69) is 14.7 Å². The molecule has 0 aliphatic carbocycles. The number of nitrogens with zero attached hydrogens (tertiary/aromatic N) is 1. The molecule has 0 amide bonds. The van der Waals surface area contributed by atoms with Crippen molar-refractivity contribution in [2.45, 2.75) is 27.2 Å². The number of aromatic hydroxyl groups is 1. The third-order valence-electron chi connectivity index (χ3n) is 2.05. The first-order valence-corrected chi connectivity index (χ1v) is 5.45. The minimum absolute atomic E-state index is 0.161. The Bertz CT molecular complexity index is 465. The first-order chi connectivity index (χ1) is 7.95. The monoisotopic (exact) mass is 240 g/mol. The second kappa shape index (κ2) is 5.47. The molecule has 0 radical (unpaired) electrons. The highest BCUT2D eigenvalue weighted by Gasteiger charge is 2.17. The van der Waals surface area contributed by atoms with Crippen LogP contribution in [-0.2, 0) is 11.2 Å². The first-order valence-electron chi connectivity index (χ1n) is 5.45. The van der Waals surface area contributed by atoms with Crippen molar-refractivity contribution in [3.63, 3.8) is 0 Å². The lowest BCUT2D eigenvalue weighted by molar-refractivity contribution is 0.0514. The Morgan fingerprint density at radius 3 is 2.71 bits per heavy atom. The van der Waals surface area contributed by atoms with E-state index in [-0.39, 0.29) is 23.9 Å². The molecule has 0 saturated carbocycles. The summed E-state index contributed by atoms with van der Waals surface area (Å²) in [7, 11) is 0. The van der Waals surface area contributed by atoms with Gasteiger partial charge in [-0.05, 0) is 19.3 Å². The molecule has 0 aromatic carbocycles. The smallest absolute Gasteiger partial charge is 0.360 e. The average molecular weight is 240 g/mol. The Hall–Kier alpha value is -1.85. The van der Waals surface area contributed by atoms with E-state index < -0.39 is 17.4 Å². The van der Waals surface area contributed by atoms with Gasteiger partial charge in [-0.25, -0.2) is 9.78 Å². The maximum Gasteiger partial charge on any atom is 0.360 e. The highest BCUT2D eigenvalue weighted by Crippen LogP contribution is 2.11. The number of hydrogen-bond acceptors (Lipinski definition) is 5. The van der Waals surface area contributed by atoms with Crippen molar-refractivity contribution in [1.29, 1.82) is 0 Å². The molecule has 1 aromatic rings. The van der Waals surface area contributed by atoms with Gasteiger partial charge in [0.15, 0.2) is 5.69 Å². The summed E-state index contributed by atoms with van der Waals surface area (Å²) in [4.78, 5) is 29.0. The van der Waals surface area contributed by atoms with Crippen LogP contribution in [0.25, 0.3) is 0 Å². The van der Waals surface area contributed by atoms with Crippen LogP contribution in [0, 0.1) is 5.92 Å². The molecular formula is C11H16N2O4. The lowest BCUT2D eigenvalue weighted by Gasteiger charge is -2.06. The molecule has 1 aromatic heterocycles. The lowest BCUT2D eigenvalue weighted by Crippen LogP contribution is -2.21. The highest BCUT2D eigenvalue weighted by atomic mass is 16.5. The standard InChI is InChI=1S/C11H16N2O4/c1-4-17-11(16)8-10(15)12-7(5-6(2)3)9(14)13-8/h6H,4-5H2,1-3H3,(H,12,15)(H,13,14). The first kappa shape index (κ1) is 13.2. The zero-order chi connectivity index (χ0) is 13.0. The Labute approximate surface area is 98.7 Å². The maximum atomic E-state index is 11.6. The molecule has 2 N–H and O–H groups in total. The van der Waals surface area contributed by atoms with E-state index in [4.69, 9.17) is 0 Å². The summed E-state index contributed by atoms with van der Waals surface area (Å²) >= 11 is 0. The van der Waals surface area contributed by atoms with E-state index in [9.17, 15) is 14.7 Å². The van der Waals surface area contributed by atoms with Crippen molar-refractivity contribution in [2.75, 3.05) is 6.61 Å². The predicted molar refractivity (Wildman–Crippen MR) is 61.0 cm³/mol. The van der Waals surface area contributed by atoms with Gasteiger partial charge in [0.2, 0.25) is 5.88 Å². The second-order valence-corrected chi connectivity index (χ2v) is 4.03. The Morgan fingerprint density at radius 2 is 2.18 bits per heavy atom. The van der Waals surface area contributed by atoms with Gasteiger partial charge in [0, 0.05) is 0 Å². The van der Waals surface area contributed by atoms with Crippen molar-refractivity contribution in [2.24, 2.45) is 5.92 Å². The van der Waals surface area contributed by atoms with Crippen LogP contribution in [0.15, 0.2) is 4.79 Å². The van der Waals surface area contributed by atoms with Crippen LogP contribution in [0.3, 0.4) is 0 Å². The largest absolute Gasteiger partial charge is 0.492 e. The predicted octanol–water partition coefficient (Wildman–Crippen LogP) is 0.851. The number of aromatic amines is 1. The minimum Gasteiger partial charge on any atom is -0.492 e. The fourth-order valence-electron chi connectivity index (χ4n) is 1.35. The number of aromatic nitrogens is 2. The van der Waals surface area contributed by atoms with Gasteiger partial charge in [-0.3, -0.25) is 4.79 Å². The molecule has 0 bridgehead atoms. The fraction of sp³-hybridized carbons (Fsp3) is 0.545. The summed E-state index contributed by atoms with van der Waals surface area (Å²) in [5.41, 5.74) is -0.561. The Balaban J connectivity index is 3.09. The minimum atomic E-state index is -0.786. The molecule has 0 saturated heterocycles. The van der Waals surface area contributed by atoms with Gasteiger partial charge in [-0.2, -0.15) is 0 Å². The van der Waals surface area contributed by atoms with Crippen LogP contribution >= 0.6 is 0 Å². The average Bonchev–Trinajstić information content (AvgIpc) is 2.22. The van der Waals surface area contributed by atoms with Gasteiger partial charge >= 0.3 is 5.97 Å². The van der Waals surface area contributed by atoms with E-state index in [1.54, 1.807) is 6.92 Å². The molecule has 1 heterocycles. The van der Waals surface area contributed by atoms with Crippen molar-refractivity contribution in [1.82, 2.24) is 9.97 Å². The molecule has 0 atom stereocenters. The van der Waals surface area contributed by atoms with E-state index in [0.29, 0.717) is 6.42 Å². The molecule has 94 valence electrons. The Morgan fingerprint density at radius 1 is 1.53 bits per heavy atom. The molecule has 6 heteroatoms. The third kappa shape index (κ3) is 3.30. The SMILES string of the molecule is CCOC(=O)c1[nH]c(=O)c(CC(C)C)nc1O. The van der Waals surface area contributed by atoms with Gasteiger partial charge in [-0.15, -0.1) is 0 Å². The fourth-order valence-corrected chi connectivity index (χ4v) is 1.35. The van der Waals surface area contributed by atoms with Gasteiger partial charge < -0.3 is 14.8 Å². The van der Waals surface area contributed by atoms with Crippen molar-refractivity contribution in [3.8, 4) is 5.88 Å². The van der Waals surface area contributed by atoms with Crippen molar-refractivity contribution >= 4 is 5.97 Å². The number of ether oxygens (including phenoxy) is 1. The molecule has 1 rings (SSSR count). The Kier molecular flexibility index (Phi) is 4.25.